The van der Waals surface area contributed by atoms with Gasteiger partial charge in [-0.05, 0) is 57.0 Å². The average Bonchev–Trinajstić information content (AvgIpc) is 3.23. The number of amides is 2. The highest BCUT2D eigenvalue weighted by atomic mass is 17.2. The van der Waals surface area contributed by atoms with Crippen molar-refractivity contribution in [1.29, 1.82) is 0 Å². The third-order valence-corrected chi connectivity index (χ3v) is 7.48. The van der Waals surface area contributed by atoms with Gasteiger partial charge in [-0.15, -0.1) is 0 Å². The van der Waals surface area contributed by atoms with Crippen molar-refractivity contribution >= 4 is 34.1 Å². The highest BCUT2D eigenvalue weighted by molar-refractivity contribution is 6.14. The van der Waals surface area contributed by atoms with Crippen LogP contribution < -0.4 is 10.2 Å². The van der Waals surface area contributed by atoms with E-state index in [1.54, 1.807) is 17.2 Å². The molecule has 216 valence electrons. The highest BCUT2D eigenvalue weighted by Gasteiger charge is 2.57. The molecule has 43 heavy (non-hydrogen) atoms. The first-order valence-electron chi connectivity index (χ1n) is 14.3. The monoisotopic (exact) mass is 571 g/mol. The predicted molar refractivity (Wildman–Crippen MR) is 168 cm³/mol. The summed E-state index contributed by atoms with van der Waals surface area (Å²) in [6, 6.07) is 32.2. The van der Waals surface area contributed by atoms with Crippen molar-refractivity contribution in [3.63, 3.8) is 0 Å². The topological polar surface area (TPSA) is 80.8 Å². The lowest BCUT2D eigenvalue weighted by molar-refractivity contribution is -0.388. The van der Waals surface area contributed by atoms with Gasteiger partial charge in [0.05, 0.1) is 29.0 Å². The van der Waals surface area contributed by atoms with Gasteiger partial charge < -0.3 is 10.2 Å². The molecule has 1 atom stereocenters. The minimum absolute atomic E-state index is 0.326. The Morgan fingerprint density at radius 3 is 2.35 bits per heavy atom. The van der Waals surface area contributed by atoms with Gasteiger partial charge in [0.2, 0.25) is 5.60 Å². The molecule has 1 aromatic heterocycles. The molecule has 1 aliphatic rings. The van der Waals surface area contributed by atoms with Crippen LogP contribution in [0.2, 0.25) is 0 Å². The fourth-order valence-corrected chi connectivity index (χ4v) is 5.57. The molecule has 0 fully saturated rings. The van der Waals surface area contributed by atoms with Gasteiger partial charge in [0.15, 0.2) is 0 Å². The number of hydrogen-bond donors (Lipinski definition) is 1. The van der Waals surface area contributed by atoms with E-state index in [9.17, 15) is 9.59 Å². The Balaban J connectivity index is 1.52. The molecule has 0 saturated carbocycles. The zero-order chi connectivity index (χ0) is 30.2. The van der Waals surface area contributed by atoms with Crippen LogP contribution in [0.3, 0.4) is 0 Å². The van der Waals surface area contributed by atoms with Gasteiger partial charge in [-0.25, -0.2) is 9.78 Å². The van der Waals surface area contributed by atoms with Crippen LogP contribution in [0.5, 0.6) is 0 Å². The second kappa shape index (κ2) is 11.1. The molecule has 1 N–H and O–H groups in total. The first-order valence-corrected chi connectivity index (χ1v) is 14.3. The van der Waals surface area contributed by atoms with E-state index in [1.807, 2.05) is 125 Å². The van der Waals surface area contributed by atoms with E-state index in [2.05, 4.69) is 10.3 Å². The second-order valence-corrected chi connectivity index (χ2v) is 11.7. The van der Waals surface area contributed by atoms with Gasteiger partial charge in [0, 0.05) is 28.3 Å². The fraction of sp³-hybridized carbons (Fsp3) is 0.194. The van der Waals surface area contributed by atoms with E-state index < -0.39 is 11.2 Å². The Morgan fingerprint density at radius 1 is 0.860 bits per heavy atom. The van der Waals surface area contributed by atoms with Crippen molar-refractivity contribution in [2.24, 2.45) is 0 Å². The van der Waals surface area contributed by atoms with Crippen molar-refractivity contribution < 1.29 is 19.4 Å². The van der Waals surface area contributed by atoms with Crippen molar-refractivity contribution in [3.05, 3.63) is 137 Å². The summed E-state index contributed by atoms with van der Waals surface area (Å²) in [6.45, 7) is 7.74. The molecule has 1 aliphatic heterocycles. The van der Waals surface area contributed by atoms with Crippen molar-refractivity contribution in [3.8, 4) is 0 Å². The summed E-state index contributed by atoms with van der Waals surface area (Å²) in [5.74, 6) is -0.718. The summed E-state index contributed by atoms with van der Waals surface area (Å²) in [5.41, 5.74) is 2.44. The van der Waals surface area contributed by atoms with Crippen LogP contribution in [0.4, 0.5) is 11.4 Å². The van der Waals surface area contributed by atoms with Gasteiger partial charge >= 0.3 is 0 Å². The number of pyridine rings is 1. The molecule has 6 rings (SSSR count). The first-order chi connectivity index (χ1) is 20.7. The van der Waals surface area contributed by atoms with Crippen LogP contribution in [0.25, 0.3) is 10.9 Å². The summed E-state index contributed by atoms with van der Waals surface area (Å²) >= 11 is 0. The molecule has 2 amide bonds. The number of rotatable bonds is 7. The van der Waals surface area contributed by atoms with Crippen LogP contribution in [0.1, 0.15) is 53.4 Å². The average molecular weight is 572 g/mol. The number of nitrogens with zero attached hydrogens (tertiary/aromatic N) is 2. The summed E-state index contributed by atoms with van der Waals surface area (Å²) in [6.07, 6.45) is 1.69. The molecule has 0 radical (unpaired) electrons. The number of fused-ring (bicyclic) bond motifs is 2. The number of aromatic nitrogens is 1. The zero-order valence-corrected chi connectivity index (χ0v) is 24.6. The molecule has 0 bridgehead atoms. The van der Waals surface area contributed by atoms with Crippen LogP contribution in [-0.4, -0.2) is 22.4 Å². The first kappa shape index (κ1) is 28.3. The molecular weight excluding hydrogens is 538 g/mol. The lowest BCUT2D eigenvalue weighted by atomic mass is 9.82. The standard InChI is InChI=1S/C36H33N3O4/c1-24-13-10-19-28(31(24)33(40)38-29-20-11-16-26-17-12-22-37-32(26)29)36(43-42-35(2,3)4)27-18-8-9-21-30(27)39(34(36)41)23-25-14-6-5-7-15-25/h5-22H,23H2,1-4H3,(H,38,40). The Hall–Kier alpha value is -4.85. The van der Waals surface area contributed by atoms with E-state index in [1.165, 1.54) is 0 Å². The molecule has 0 saturated heterocycles. The molecular formula is C36H33N3O4. The largest absolute Gasteiger partial charge is 0.320 e. The van der Waals surface area contributed by atoms with Gasteiger partial charge in [0.1, 0.15) is 0 Å². The normalized spacial score (nSPS) is 16.4. The van der Waals surface area contributed by atoms with Crippen LogP contribution in [0.15, 0.2) is 109 Å². The third kappa shape index (κ3) is 5.18. The molecule has 4 aromatic carbocycles. The fourth-order valence-electron chi connectivity index (χ4n) is 5.57. The smallest absolute Gasteiger partial charge is 0.272 e. The van der Waals surface area contributed by atoms with Crippen LogP contribution in [0, 0.1) is 6.92 Å². The maximum Gasteiger partial charge on any atom is 0.272 e. The lowest BCUT2D eigenvalue weighted by Gasteiger charge is -2.33. The summed E-state index contributed by atoms with van der Waals surface area (Å²) in [5, 5.41) is 3.97. The lowest BCUT2D eigenvalue weighted by Crippen LogP contribution is -2.45. The van der Waals surface area contributed by atoms with Gasteiger partial charge in [-0.1, -0.05) is 84.9 Å². The van der Waals surface area contributed by atoms with Gasteiger partial charge in [-0.2, -0.15) is 0 Å². The van der Waals surface area contributed by atoms with Gasteiger partial charge in [0.25, 0.3) is 11.8 Å². The number of carbonyl (C=O) groups is 2. The van der Waals surface area contributed by atoms with Crippen molar-refractivity contribution in [1.82, 2.24) is 4.98 Å². The van der Waals surface area contributed by atoms with E-state index in [0.29, 0.717) is 45.7 Å². The highest BCUT2D eigenvalue weighted by Crippen LogP contribution is 2.49. The zero-order valence-electron chi connectivity index (χ0n) is 24.6. The van der Waals surface area contributed by atoms with Crippen molar-refractivity contribution in [2.45, 2.75) is 45.4 Å². The quantitative estimate of drug-likeness (QED) is 0.163. The Kier molecular flexibility index (Phi) is 7.30. The summed E-state index contributed by atoms with van der Waals surface area (Å²) < 4.78 is 0. The Bertz CT molecular complexity index is 1820. The number of nitrogens with one attached hydrogen (secondary N) is 1. The van der Waals surface area contributed by atoms with E-state index in [-0.39, 0.29) is 11.8 Å². The van der Waals surface area contributed by atoms with Crippen LogP contribution in [-0.2, 0) is 26.7 Å². The van der Waals surface area contributed by atoms with E-state index in [4.69, 9.17) is 9.78 Å². The molecule has 0 spiro atoms. The molecule has 7 nitrogen and oxygen atoms in total. The number of carbonyl (C=O) groups excluding carboxylic acids is 2. The molecule has 2 heterocycles. The summed E-state index contributed by atoms with van der Waals surface area (Å²) in [7, 11) is 0. The number of hydrogen-bond acceptors (Lipinski definition) is 5. The Labute approximate surface area is 251 Å². The van der Waals surface area contributed by atoms with E-state index in [0.717, 1.165) is 10.9 Å². The molecule has 5 aromatic rings. The van der Waals surface area contributed by atoms with Gasteiger partial charge in [-0.3, -0.25) is 14.6 Å². The second-order valence-electron chi connectivity index (χ2n) is 11.7. The van der Waals surface area contributed by atoms with Crippen molar-refractivity contribution in [2.75, 3.05) is 10.2 Å². The summed E-state index contributed by atoms with van der Waals surface area (Å²) in [4.78, 5) is 47.5. The SMILES string of the molecule is Cc1cccc(C2(OOC(C)(C)C)C(=O)N(Cc3ccccc3)c3ccccc32)c1C(=O)Nc1cccc2cccnc12. The number of para-hydroxylation sites is 2. The molecule has 0 aliphatic carbocycles. The third-order valence-electron chi connectivity index (χ3n) is 7.48. The molecule has 1 unspecified atom stereocenters. The maximum atomic E-state index is 14.8. The van der Waals surface area contributed by atoms with Crippen LogP contribution >= 0.6 is 0 Å². The Morgan fingerprint density at radius 2 is 1.56 bits per heavy atom. The maximum absolute atomic E-state index is 14.8. The number of benzene rings is 4. The number of aryl methyl sites for hydroxylation is 1. The molecule has 7 heteroatoms. The number of anilines is 2. The van der Waals surface area contributed by atoms with E-state index >= 15 is 0 Å². The minimum atomic E-state index is -1.74. The minimum Gasteiger partial charge on any atom is -0.320 e. The predicted octanol–water partition coefficient (Wildman–Crippen LogP) is 7.33.